The first-order valence-corrected chi connectivity index (χ1v) is 8.61. The number of amides is 1. The molecule has 0 spiro atoms. The van der Waals surface area contributed by atoms with E-state index in [-0.39, 0.29) is 22.9 Å². The Bertz CT molecular complexity index is 1250. The van der Waals surface area contributed by atoms with Gasteiger partial charge in [0.15, 0.2) is 0 Å². The summed E-state index contributed by atoms with van der Waals surface area (Å²) in [4.78, 5) is 35.5. The van der Waals surface area contributed by atoms with Gasteiger partial charge in [-0.25, -0.2) is 14.4 Å². The van der Waals surface area contributed by atoms with Crippen LogP contribution in [0.4, 0.5) is 4.39 Å². The predicted octanol–water partition coefficient (Wildman–Crippen LogP) is 1.93. The second-order valence-electron chi connectivity index (χ2n) is 6.42. The monoisotopic (exact) mass is 390 g/mol. The van der Waals surface area contributed by atoms with E-state index in [4.69, 9.17) is 5.26 Å². The maximum absolute atomic E-state index is 14.0. The average Bonchev–Trinajstić information content (AvgIpc) is 2.71. The van der Waals surface area contributed by atoms with Gasteiger partial charge < -0.3 is 10.3 Å². The molecule has 2 heterocycles. The molecule has 2 N–H and O–H groups in total. The number of rotatable bonds is 4. The van der Waals surface area contributed by atoms with Crippen LogP contribution in [0.3, 0.4) is 0 Å². The van der Waals surface area contributed by atoms with Gasteiger partial charge >= 0.3 is 0 Å². The van der Waals surface area contributed by atoms with Gasteiger partial charge in [0.25, 0.3) is 5.56 Å². The summed E-state index contributed by atoms with van der Waals surface area (Å²) in [6.07, 6.45) is 2.43. The molecule has 144 valence electrons. The lowest BCUT2D eigenvalue weighted by atomic mass is 9.98. The highest BCUT2D eigenvalue weighted by molar-refractivity contribution is 5.90. The first-order chi connectivity index (χ1) is 13.8. The minimum absolute atomic E-state index is 0.144. The van der Waals surface area contributed by atoms with E-state index in [1.54, 1.807) is 19.9 Å². The Balaban J connectivity index is 1.89. The van der Waals surface area contributed by atoms with Crippen LogP contribution in [0.1, 0.15) is 41.0 Å². The van der Waals surface area contributed by atoms with Crippen LogP contribution < -0.4 is 10.9 Å². The number of carbonyl (C=O) groups excluding carboxylic acids is 1. The summed E-state index contributed by atoms with van der Waals surface area (Å²) in [6.45, 7) is 3.24. The quantitative estimate of drug-likeness (QED) is 0.699. The number of nitrogens with one attached hydrogen (secondary N) is 2. The van der Waals surface area contributed by atoms with Gasteiger partial charge in [0.2, 0.25) is 5.91 Å². The minimum atomic E-state index is -0.697. The van der Waals surface area contributed by atoms with Crippen LogP contribution >= 0.6 is 0 Å². The Kier molecular flexibility index (Phi) is 5.33. The van der Waals surface area contributed by atoms with Crippen molar-refractivity contribution in [1.29, 1.82) is 10.5 Å². The van der Waals surface area contributed by atoms with E-state index in [0.29, 0.717) is 22.5 Å². The highest BCUT2D eigenvalue weighted by Crippen LogP contribution is 2.24. The molecule has 0 aliphatic rings. The number of aromatic amines is 1. The van der Waals surface area contributed by atoms with E-state index in [2.05, 4.69) is 20.3 Å². The fourth-order valence-electron chi connectivity index (χ4n) is 3.05. The van der Waals surface area contributed by atoms with E-state index in [1.807, 2.05) is 6.07 Å². The first-order valence-electron chi connectivity index (χ1n) is 8.61. The van der Waals surface area contributed by atoms with Crippen LogP contribution in [-0.2, 0) is 11.2 Å². The first kappa shape index (κ1) is 19.6. The predicted molar refractivity (Wildman–Crippen MR) is 101 cm³/mol. The van der Waals surface area contributed by atoms with Crippen molar-refractivity contribution < 1.29 is 9.18 Å². The Hall–Kier alpha value is -4.11. The SMILES string of the molecule is Cc1c(CC(=O)N[C@H](C)c2ncc(C#N)cn2)c(=O)[nH]c2ccc(F)c(C#N)c12. The van der Waals surface area contributed by atoms with Crippen molar-refractivity contribution in [2.45, 2.75) is 26.3 Å². The largest absolute Gasteiger partial charge is 0.346 e. The normalized spacial score (nSPS) is 11.5. The number of aromatic nitrogens is 3. The summed E-state index contributed by atoms with van der Waals surface area (Å²) < 4.78 is 14.0. The van der Waals surface area contributed by atoms with E-state index < -0.39 is 23.3 Å². The third kappa shape index (κ3) is 3.80. The van der Waals surface area contributed by atoms with Crippen LogP contribution in [0, 0.1) is 35.4 Å². The molecule has 9 heteroatoms. The van der Waals surface area contributed by atoms with E-state index >= 15 is 0 Å². The number of nitrogens with zero attached hydrogens (tertiary/aromatic N) is 4. The highest BCUT2D eigenvalue weighted by atomic mass is 19.1. The van der Waals surface area contributed by atoms with Crippen LogP contribution in [0.15, 0.2) is 29.3 Å². The molecule has 0 aliphatic carbocycles. The molecular weight excluding hydrogens is 375 g/mol. The molecule has 0 aliphatic heterocycles. The summed E-state index contributed by atoms with van der Waals surface area (Å²) in [5.74, 6) is -0.846. The summed E-state index contributed by atoms with van der Waals surface area (Å²) in [6, 6.07) is 5.65. The van der Waals surface area contributed by atoms with Crippen molar-refractivity contribution in [2.75, 3.05) is 0 Å². The highest BCUT2D eigenvalue weighted by Gasteiger charge is 2.19. The van der Waals surface area contributed by atoms with Gasteiger partial charge in [-0.3, -0.25) is 9.59 Å². The van der Waals surface area contributed by atoms with Crippen LogP contribution in [0.25, 0.3) is 10.9 Å². The van der Waals surface area contributed by atoms with Gasteiger partial charge in [-0.1, -0.05) is 0 Å². The Labute approximate surface area is 164 Å². The number of nitriles is 2. The molecule has 8 nitrogen and oxygen atoms in total. The molecule has 2 aromatic heterocycles. The zero-order valence-corrected chi connectivity index (χ0v) is 15.6. The lowest BCUT2D eigenvalue weighted by molar-refractivity contribution is -0.121. The number of pyridine rings is 1. The topological polar surface area (TPSA) is 135 Å². The van der Waals surface area contributed by atoms with E-state index in [0.717, 1.165) is 6.07 Å². The number of carbonyl (C=O) groups is 1. The van der Waals surface area contributed by atoms with E-state index in [1.165, 1.54) is 18.5 Å². The van der Waals surface area contributed by atoms with Gasteiger partial charge in [0.1, 0.15) is 23.8 Å². The van der Waals surface area contributed by atoms with Crippen LogP contribution in [0.2, 0.25) is 0 Å². The number of hydrogen-bond acceptors (Lipinski definition) is 6. The van der Waals surface area contributed by atoms with Gasteiger partial charge in [-0.15, -0.1) is 0 Å². The lowest BCUT2D eigenvalue weighted by Crippen LogP contribution is -2.31. The maximum Gasteiger partial charge on any atom is 0.252 e. The zero-order valence-electron chi connectivity index (χ0n) is 15.6. The molecule has 3 aromatic rings. The summed E-state index contributed by atoms with van der Waals surface area (Å²) in [7, 11) is 0. The standard InChI is InChI=1S/C20H15FN6O2/c1-10-13(20(29)27-16-4-3-15(21)14(7-23)18(10)16)5-17(28)26-11(2)19-24-8-12(6-22)9-25-19/h3-4,8-9,11H,5H2,1-2H3,(H,26,28)(H,27,29)/t11-/m1/s1. The number of halogens is 1. The molecule has 29 heavy (non-hydrogen) atoms. The van der Waals surface area contributed by atoms with Gasteiger partial charge in [0, 0.05) is 23.3 Å². The molecule has 0 unspecified atom stereocenters. The third-order valence-corrected chi connectivity index (χ3v) is 4.52. The van der Waals surface area contributed by atoms with Crippen molar-refractivity contribution >= 4 is 16.8 Å². The zero-order chi connectivity index (χ0) is 21.1. The van der Waals surface area contributed by atoms with Gasteiger partial charge in [-0.05, 0) is 31.5 Å². The summed E-state index contributed by atoms with van der Waals surface area (Å²) >= 11 is 0. The summed E-state index contributed by atoms with van der Waals surface area (Å²) in [5.41, 5.74) is 0.475. The second kappa shape index (κ2) is 7.87. The summed E-state index contributed by atoms with van der Waals surface area (Å²) in [5, 5.41) is 21.0. The Morgan fingerprint density at radius 1 is 1.28 bits per heavy atom. The average molecular weight is 390 g/mol. The van der Waals surface area contributed by atoms with Crippen LogP contribution in [-0.4, -0.2) is 20.9 Å². The molecule has 1 amide bonds. The third-order valence-electron chi connectivity index (χ3n) is 4.52. The van der Waals surface area contributed by atoms with E-state index in [9.17, 15) is 19.2 Å². The van der Waals surface area contributed by atoms with Gasteiger partial charge in [0.05, 0.1) is 29.1 Å². The van der Waals surface area contributed by atoms with Crippen molar-refractivity contribution in [3.63, 3.8) is 0 Å². The molecule has 0 saturated carbocycles. The van der Waals surface area contributed by atoms with Crippen molar-refractivity contribution in [3.05, 3.63) is 68.8 Å². The number of hydrogen-bond donors (Lipinski definition) is 2. The molecule has 1 aromatic carbocycles. The lowest BCUT2D eigenvalue weighted by Gasteiger charge is -2.14. The maximum atomic E-state index is 14.0. The van der Waals surface area contributed by atoms with Gasteiger partial charge in [-0.2, -0.15) is 10.5 Å². The Morgan fingerprint density at radius 3 is 2.59 bits per heavy atom. The smallest absolute Gasteiger partial charge is 0.252 e. The second-order valence-corrected chi connectivity index (χ2v) is 6.42. The molecule has 0 saturated heterocycles. The fraction of sp³-hybridized carbons (Fsp3) is 0.200. The fourth-order valence-corrected chi connectivity index (χ4v) is 3.05. The molecule has 0 bridgehead atoms. The molecule has 0 fully saturated rings. The molecule has 0 radical (unpaired) electrons. The van der Waals surface area contributed by atoms with Crippen LogP contribution in [0.5, 0.6) is 0 Å². The molecular formula is C20H15FN6O2. The van der Waals surface area contributed by atoms with Crippen molar-refractivity contribution in [2.24, 2.45) is 0 Å². The number of H-pyrrole nitrogens is 1. The van der Waals surface area contributed by atoms with Crippen molar-refractivity contribution in [1.82, 2.24) is 20.3 Å². The number of fused-ring (bicyclic) bond motifs is 1. The number of benzene rings is 1. The minimum Gasteiger partial charge on any atom is -0.346 e. The molecule has 3 rings (SSSR count). The molecule has 1 atom stereocenters. The van der Waals surface area contributed by atoms with Crippen molar-refractivity contribution in [3.8, 4) is 12.1 Å². The number of aryl methyl sites for hydroxylation is 1. The Morgan fingerprint density at radius 2 is 1.97 bits per heavy atom.